The Morgan fingerprint density at radius 2 is 1.90 bits per heavy atom. The molecule has 0 spiro atoms. The predicted octanol–water partition coefficient (Wildman–Crippen LogP) is 2.32. The molecule has 1 saturated heterocycles. The third kappa shape index (κ3) is 4.92. The first-order valence-corrected chi connectivity index (χ1v) is 11.9. The van der Waals surface area contributed by atoms with Crippen LogP contribution in [0.15, 0.2) is 58.6 Å². The zero-order valence-corrected chi connectivity index (χ0v) is 17.9. The van der Waals surface area contributed by atoms with Gasteiger partial charge in [0.05, 0.1) is 16.3 Å². The Balaban J connectivity index is 1.41. The molecule has 3 aromatic rings. The van der Waals surface area contributed by atoms with Crippen molar-refractivity contribution in [3.05, 3.63) is 54.3 Å². The molecule has 0 unspecified atom stereocenters. The zero-order valence-electron chi connectivity index (χ0n) is 16.3. The average Bonchev–Trinajstić information content (AvgIpc) is 3.45. The summed E-state index contributed by atoms with van der Waals surface area (Å²) in [7, 11) is -3.57. The Kier molecular flexibility index (Phi) is 6.30. The van der Waals surface area contributed by atoms with Crippen molar-refractivity contribution < 1.29 is 17.6 Å². The maximum atomic E-state index is 13.5. The number of tetrazole rings is 1. The third-order valence-corrected chi connectivity index (χ3v) is 7.46. The van der Waals surface area contributed by atoms with Gasteiger partial charge in [0.2, 0.25) is 21.1 Å². The monoisotopic (exact) mass is 462 g/mol. The minimum absolute atomic E-state index is 0.0151. The van der Waals surface area contributed by atoms with Crippen molar-refractivity contribution in [2.24, 2.45) is 0 Å². The molecule has 0 aliphatic carbocycles. The molecule has 12 heteroatoms. The van der Waals surface area contributed by atoms with E-state index in [-0.39, 0.29) is 16.6 Å². The second-order valence-electron chi connectivity index (χ2n) is 6.83. The highest BCUT2D eigenvalue weighted by Crippen LogP contribution is 2.24. The van der Waals surface area contributed by atoms with E-state index in [1.54, 1.807) is 18.2 Å². The number of nitrogens with one attached hydrogen (secondary N) is 1. The number of rotatable bonds is 7. The van der Waals surface area contributed by atoms with E-state index in [2.05, 4.69) is 20.8 Å². The van der Waals surface area contributed by atoms with Crippen LogP contribution in [0.2, 0.25) is 0 Å². The van der Waals surface area contributed by atoms with Crippen LogP contribution < -0.4 is 5.32 Å². The predicted molar refractivity (Wildman–Crippen MR) is 113 cm³/mol. The highest BCUT2D eigenvalue weighted by molar-refractivity contribution is 7.99. The van der Waals surface area contributed by atoms with Gasteiger partial charge in [-0.1, -0.05) is 23.9 Å². The van der Waals surface area contributed by atoms with Gasteiger partial charge in [0.1, 0.15) is 5.82 Å². The Hall–Kier alpha value is -2.83. The normalized spacial score (nSPS) is 14.6. The summed E-state index contributed by atoms with van der Waals surface area (Å²) < 4.78 is 41.7. The molecule has 1 aliphatic heterocycles. The maximum absolute atomic E-state index is 13.5. The van der Waals surface area contributed by atoms with E-state index in [9.17, 15) is 17.6 Å². The highest BCUT2D eigenvalue weighted by atomic mass is 32.2. The van der Waals surface area contributed by atoms with E-state index in [0.29, 0.717) is 29.6 Å². The number of benzene rings is 2. The molecule has 4 rings (SSSR count). The van der Waals surface area contributed by atoms with Gasteiger partial charge in [-0.2, -0.15) is 8.99 Å². The smallest absolute Gasteiger partial charge is 0.243 e. The third-order valence-electron chi connectivity index (χ3n) is 4.65. The molecule has 0 atom stereocenters. The van der Waals surface area contributed by atoms with Crippen molar-refractivity contribution in [2.75, 3.05) is 24.2 Å². The number of amides is 1. The van der Waals surface area contributed by atoms with Gasteiger partial charge in [-0.15, -0.1) is 5.10 Å². The molecule has 2 heterocycles. The summed E-state index contributed by atoms with van der Waals surface area (Å²) in [5, 5.41) is 14.3. The highest BCUT2D eigenvalue weighted by Gasteiger charge is 2.27. The average molecular weight is 463 g/mol. The van der Waals surface area contributed by atoms with Crippen LogP contribution in [0.25, 0.3) is 5.69 Å². The summed E-state index contributed by atoms with van der Waals surface area (Å²) in [6.45, 7) is 1.02. The summed E-state index contributed by atoms with van der Waals surface area (Å²) in [6.07, 6.45) is 1.70. The number of anilines is 1. The number of carbonyl (C=O) groups excluding carboxylic acids is 1. The first-order chi connectivity index (χ1) is 14.9. The maximum Gasteiger partial charge on any atom is 0.243 e. The quantitative estimate of drug-likeness (QED) is 0.537. The van der Waals surface area contributed by atoms with Gasteiger partial charge in [0.15, 0.2) is 0 Å². The minimum Gasteiger partial charge on any atom is -0.325 e. The summed E-state index contributed by atoms with van der Waals surface area (Å²) in [5.74, 6) is -0.793. The molecule has 0 bridgehead atoms. The molecule has 1 aliphatic rings. The van der Waals surface area contributed by atoms with Gasteiger partial charge in [-0.25, -0.2) is 12.8 Å². The van der Waals surface area contributed by atoms with E-state index in [0.717, 1.165) is 24.6 Å². The van der Waals surface area contributed by atoms with Crippen molar-refractivity contribution >= 4 is 33.4 Å². The van der Waals surface area contributed by atoms with E-state index in [1.165, 1.54) is 39.3 Å². The SMILES string of the molecule is O=C(CSc1nnnn1-c1cccc(F)c1)Nc1cccc(S(=O)(=O)N2CCCC2)c1. The number of carbonyl (C=O) groups is 1. The molecule has 31 heavy (non-hydrogen) atoms. The van der Waals surface area contributed by atoms with Crippen molar-refractivity contribution in [3.63, 3.8) is 0 Å². The van der Waals surface area contributed by atoms with Crippen LogP contribution in [-0.4, -0.2) is 57.7 Å². The number of hydrogen-bond acceptors (Lipinski definition) is 7. The lowest BCUT2D eigenvalue weighted by atomic mass is 10.3. The van der Waals surface area contributed by atoms with Crippen molar-refractivity contribution in [3.8, 4) is 5.69 Å². The molecule has 1 amide bonds. The van der Waals surface area contributed by atoms with Crippen LogP contribution in [0.5, 0.6) is 0 Å². The van der Waals surface area contributed by atoms with Crippen LogP contribution in [0, 0.1) is 5.82 Å². The van der Waals surface area contributed by atoms with Gasteiger partial charge in [0.25, 0.3) is 0 Å². The molecular formula is C19H19FN6O3S2. The van der Waals surface area contributed by atoms with Gasteiger partial charge in [-0.3, -0.25) is 4.79 Å². The molecule has 0 radical (unpaired) electrons. The van der Waals surface area contributed by atoms with Crippen molar-refractivity contribution in [2.45, 2.75) is 22.9 Å². The minimum atomic E-state index is -3.57. The van der Waals surface area contributed by atoms with E-state index < -0.39 is 15.8 Å². The molecule has 9 nitrogen and oxygen atoms in total. The van der Waals surface area contributed by atoms with Gasteiger partial charge < -0.3 is 5.32 Å². The van der Waals surface area contributed by atoms with Crippen molar-refractivity contribution in [1.29, 1.82) is 0 Å². The summed E-state index contributed by atoms with van der Waals surface area (Å²) >= 11 is 1.08. The molecule has 1 aromatic heterocycles. The van der Waals surface area contributed by atoms with Gasteiger partial charge in [-0.05, 0) is 59.7 Å². The number of hydrogen-bond donors (Lipinski definition) is 1. The Morgan fingerprint density at radius 1 is 1.13 bits per heavy atom. The summed E-state index contributed by atoms with van der Waals surface area (Å²) in [6, 6.07) is 12.0. The van der Waals surface area contributed by atoms with Crippen LogP contribution in [0.1, 0.15) is 12.8 Å². The standard InChI is InChI=1S/C19H19FN6O3S2/c20-14-5-3-7-16(11-14)26-19(22-23-24-26)30-13-18(27)21-15-6-4-8-17(12-15)31(28,29)25-9-1-2-10-25/h3-8,11-12H,1-2,9-10,13H2,(H,21,27). The van der Waals surface area contributed by atoms with Gasteiger partial charge in [0, 0.05) is 18.8 Å². The van der Waals surface area contributed by atoms with E-state index >= 15 is 0 Å². The fraction of sp³-hybridized carbons (Fsp3) is 0.263. The molecule has 1 N–H and O–H groups in total. The molecular weight excluding hydrogens is 443 g/mol. The van der Waals surface area contributed by atoms with Crippen LogP contribution in [-0.2, 0) is 14.8 Å². The second-order valence-corrected chi connectivity index (χ2v) is 9.71. The molecule has 0 saturated carbocycles. The Morgan fingerprint density at radius 3 is 2.68 bits per heavy atom. The molecule has 162 valence electrons. The fourth-order valence-corrected chi connectivity index (χ4v) is 5.43. The van der Waals surface area contributed by atoms with Crippen molar-refractivity contribution in [1.82, 2.24) is 24.5 Å². The fourth-order valence-electron chi connectivity index (χ4n) is 3.18. The number of sulfonamides is 1. The second kappa shape index (κ2) is 9.12. The number of halogens is 1. The lowest BCUT2D eigenvalue weighted by Gasteiger charge is -2.16. The number of aromatic nitrogens is 4. The van der Waals surface area contributed by atoms with Crippen LogP contribution >= 0.6 is 11.8 Å². The first kappa shape index (κ1) is 21.4. The topological polar surface area (TPSA) is 110 Å². The Labute approximate surface area is 182 Å². The lowest BCUT2D eigenvalue weighted by Crippen LogP contribution is -2.28. The molecule has 2 aromatic carbocycles. The zero-order chi connectivity index (χ0) is 21.8. The largest absolute Gasteiger partial charge is 0.325 e. The number of thioether (sulfide) groups is 1. The van der Waals surface area contributed by atoms with Gasteiger partial charge >= 0.3 is 0 Å². The Bertz CT molecular complexity index is 1190. The van der Waals surface area contributed by atoms with E-state index in [4.69, 9.17) is 0 Å². The van der Waals surface area contributed by atoms with E-state index in [1.807, 2.05) is 0 Å². The lowest BCUT2D eigenvalue weighted by molar-refractivity contribution is -0.113. The summed E-state index contributed by atoms with van der Waals surface area (Å²) in [4.78, 5) is 12.5. The first-order valence-electron chi connectivity index (χ1n) is 9.51. The van der Waals surface area contributed by atoms with Crippen LogP contribution in [0.3, 0.4) is 0 Å². The number of nitrogens with zero attached hydrogens (tertiary/aromatic N) is 5. The van der Waals surface area contributed by atoms with Crippen LogP contribution in [0.4, 0.5) is 10.1 Å². The molecule has 1 fully saturated rings. The summed E-state index contributed by atoms with van der Waals surface area (Å²) in [5.41, 5.74) is 0.823.